The molecule has 0 saturated carbocycles. The summed E-state index contributed by atoms with van der Waals surface area (Å²) in [6, 6.07) is 8.08. The molecule has 1 aliphatic rings. The first-order chi connectivity index (χ1) is 9.50. The number of anilines is 1. The normalized spacial score (nSPS) is 15.2. The summed E-state index contributed by atoms with van der Waals surface area (Å²) in [5, 5.41) is 0. The maximum Gasteiger partial charge on any atom is 0.273 e. The van der Waals surface area contributed by atoms with Crippen molar-refractivity contribution in [1.82, 2.24) is 0 Å². The topological polar surface area (TPSA) is 37.4 Å². The highest BCUT2D eigenvalue weighted by Gasteiger charge is 2.32. The van der Waals surface area contributed by atoms with Crippen LogP contribution in [0.2, 0.25) is 0 Å². The lowest BCUT2D eigenvalue weighted by molar-refractivity contribution is 0.579. The number of aryl methyl sites for hydroxylation is 2. The van der Waals surface area contributed by atoms with Crippen LogP contribution in [0.25, 0.3) is 0 Å². The number of nitrogens with zero attached hydrogens (tertiary/aromatic N) is 1. The second-order valence-corrected chi connectivity index (χ2v) is 8.17. The van der Waals surface area contributed by atoms with Crippen LogP contribution in [0.3, 0.4) is 0 Å². The Bertz CT molecular complexity index is 752. The first-order valence-electron chi connectivity index (χ1n) is 6.37. The highest BCUT2D eigenvalue weighted by Crippen LogP contribution is 2.35. The number of rotatable bonds is 2. The highest BCUT2D eigenvalue weighted by molar-refractivity contribution is 7.94. The summed E-state index contributed by atoms with van der Waals surface area (Å²) >= 11 is 1.22. The summed E-state index contributed by atoms with van der Waals surface area (Å²) in [6.07, 6.45) is 1.42. The third-order valence-corrected chi connectivity index (χ3v) is 6.65. The van der Waals surface area contributed by atoms with Crippen molar-refractivity contribution in [2.45, 2.75) is 24.0 Å². The Morgan fingerprint density at radius 2 is 2.05 bits per heavy atom. The van der Waals surface area contributed by atoms with Crippen LogP contribution in [0.4, 0.5) is 10.1 Å². The quantitative estimate of drug-likeness (QED) is 0.853. The van der Waals surface area contributed by atoms with Crippen molar-refractivity contribution in [1.29, 1.82) is 0 Å². The number of fused-ring (bicyclic) bond motifs is 1. The lowest BCUT2D eigenvalue weighted by Gasteiger charge is -2.30. The van der Waals surface area contributed by atoms with E-state index in [1.54, 1.807) is 24.3 Å². The Kier molecular flexibility index (Phi) is 3.30. The first-order valence-corrected chi connectivity index (χ1v) is 8.62. The van der Waals surface area contributed by atoms with Gasteiger partial charge < -0.3 is 0 Å². The molecule has 6 heteroatoms. The van der Waals surface area contributed by atoms with E-state index in [1.165, 1.54) is 21.7 Å². The molecule has 0 N–H and O–H groups in total. The Labute approximate surface area is 121 Å². The van der Waals surface area contributed by atoms with Crippen LogP contribution in [-0.2, 0) is 16.4 Å². The van der Waals surface area contributed by atoms with Gasteiger partial charge in [0.15, 0.2) is 0 Å². The van der Waals surface area contributed by atoms with Gasteiger partial charge in [-0.15, -0.1) is 11.3 Å². The lowest BCUT2D eigenvalue weighted by Crippen LogP contribution is -2.35. The molecule has 1 aliphatic heterocycles. The van der Waals surface area contributed by atoms with Crippen molar-refractivity contribution < 1.29 is 12.8 Å². The molecule has 0 bridgehead atoms. The summed E-state index contributed by atoms with van der Waals surface area (Å²) in [6.45, 7) is 2.18. The maximum absolute atomic E-state index is 14.1. The lowest BCUT2D eigenvalue weighted by atomic mass is 10.0. The van der Waals surface area contributed by atoms with E-state index in [0.717, 1.165) is 10.4 Å². The summed E-state index contributed by atoms with van der Waals surface area (Å²) in [5.74, 6) is -0.473. The van der Waals surface area contributed by atoms with Gasteiger partial charge in [-0.2, -0.15) is 0 Å². The van der Waals surface area contributed by atoms with Gasteiger partial charge in [-0.25, -0.2) is 12.8 Å². The molecule has 1 aromatic carbocycles. The molecule has 0 unspecified atom stereocenters. The Hall–Kier alpha value is -1.40. The van der Waals surface area contributed by atoms with Gasteiger partial charge in [0.25, 0.3) is 10.0 Å². The van der Waals surface area contributed by atoms with Gasteiger partial charge in [0.2, 0.25) is 0 Å². The minimum atomic E-state index is -3.67. The fourth-order valence-electron chi connectivity index (χ4n) is 2.47. The molecule has 2 heterocycles. The smallest absolute Gasteiger partial charge is 0.262 e. The van der Waals surface area contributed by atoms with E-state index >= 15 is 0 Å². The van der Waals surface area contributed by atoms with Gasteiger partial charge >= 0.3 is 0 Å². The average Bonchev–Trinajstić information content (AvgIpc) is 2.86. The molecule has 1 aromatic heterocycles. The molecular formula is C14H14FNO2S2. The third-order valence-electron chi connectivity index (χ3n) is 3.39. The van der Waals surface area contributed by atoms with Gasteiger partial charge in [-0.3, -0.25) is 4.31 Å². The summed E-state index contributed by atoms with van der Waals surface area (Å²) in [5.41, 5.74) is 0.970. The van der Waals surface area contributed by atoms with Gasteiger partial charge in [0.05, 0.1) is 5.69 Å². The zero-order chi connectivity index (χ0) is 14.3. The Balaban J connectivity index is 2.13. The zero-order valence-corrected chi connectivity index (χ0v) is 12.6. The SMILES string of the molecule is Cc1ccc(S(=O)(=O)N2CCCc3cccc(F)c32)s1. The molecule has 3 rings (SSSR count). The van der Waals surface area contributed by atoms with Crippen LogP contribution in [0.1, 0.15) is 16.9 Å². The van der Waals surface area contributed by atoms with Crippen molar-refractivity contribution >= 4 is 27.0 Å². The second kappa shape index (κ2) is 4.86. The van der Waals surface area contributed by atoms with Crippen LogP contribution in [0, 0.1) is 12.7 Å². The fraction of sp³-hybridized carbons (Fsp3) is 0.286. The van der Waals surface area contributed by atoms with E-state index in [4.69, 9.17) is 0 Å². The average molecular weight is 311 g/mol. The number of benzene rings is 1. The van der Waals surface area contributed by atoms with Crippen LogP contribution in [-0.4, -0.2) is 15.0 Å². The van der Waals surface area contributed by atoms with Crippen molar-refractivity contribution in [3.05, 3.63) is 46.6 Å². The van der Waals surface area contributed by atoms with Gasteiger partial charge in [-0.1, -0.05) is 12.1 Å². The number of sulfonamides is 1. The predicted molar refractivity (Wildman–Crippen MR) is 78.3 cm³/mol. The minimum Gasteiger partial charge on any atom is -0.262 e. The molecule has 0 radical (unpaired) electrons. The summed E-state index contributed by atoms with van der Waals surface area (Å²) in [7, 11) is -3.67. The molecule has 0 spiro atoms. The molecule has 0 fully saturated rings. The number of para-hydroxylation sites is 1. The predicted octanol–water partition coefficient (Wildman–Crippen LogP) is 3.34. The van der Waals surface area contributed by atoms with E-state index in [-0.39, 0.29) is 9.90 Å². The molecular weight excluding hydrogens is 297 g/mol. The Morgan fingerprint density at radius 3 is 2.75 bits per heavy atom. The second-order valence-electron chi connectivity index (χ2n) is 4.79. The van der Waals surface area contributed by atoms with Crippen molar-refractivity contribution in [2.75, 3.05) is 10.8 Å². The maximum atomic E-state index is 14.1. The first kappa shape index (κ1) is 13.6. The molecule has 0 amide bonds. The molecule has 0 atom stereocenters. The van der Waals surface area contributed by atoms with E-state index in [0.29, 0.717) is 19.4 Å². The number of hydrogen-bond acceptors (Lipinski definition) is 3. The standard InChI is InChI=1S/C14H14FNO2S2/c1-10-7-8-13(19-10)20(17,18)16-9-3-5-11-4-2-6-12(15)14(11)16/h2,4,6-8H,3,5,9H2,1H3. The molecule has 3 nitrogen and oxygen atoms in total. The number of thiophene rings is 1. The number of hydrogen-bond donors (Lipinski definition) is 0. The van der Waals surface area contributed by atoms with E-state index < -0.39 is 15.8 Å². The van der Waals surface area contributed by atoms with Crippen LogP contribution in [0.5, 0.6) is 0 Å². The molecule has 20 heavy (non-hydrogen) atoms. The zero-order valence-electron chi connectivity index (χ0n) is 11.0. The minimum absolute atomic E-state index is 0.213. The molecule has 106 valence electrons. The van der Waals surface area contributed by atoms with E-state index in [9.17, 15) is 12.8 Å². The van der Waals surface area contributed by atoms with Crippen molar-refractivity contribution in [3.8, 4) is 0 Å². The van der Waals surface area contributed by atoms with Crippen LogP contribution in [0.15, 0.2) is 34.5 Å². The largest absolute Gasteiger partial charge is 0.273 e. The van der Waals surface area contributed by atoms with Crippen LogP contribution < -0.4 is 4.31 Å². The van der Waals surface area contributed by atoms with E-state index in [1.807, 2.05) is 6.92 Å². The third kappa shape index (κ3) is 2.13. The van der Waals surface area contributed by atoms with Crippen molar-refractivity contribution in [2.24, 2.45) is 0 Å². The van der Waals surface area contributed by atoms with E-state index in [2.05, 4.69) is 0 Å². The number of halogens is 1. The van der Waals surface area contributed by atoms with Gasteiger partial charge in [0, 0.05) is 11.4 Å². The van der Waals surface area contributed by atoms with Crippen LogP contribution >= 0.6 is 11.3 Å². The highest BCUT2D eigenvalue weighted by atomic mass is 32.2. The summed E-state index contributed by atoms with van der Waals surface area (Å²) < 4.78 is 40.9. The molecule has 0 saturated heterocycles. The molecule has 2 aromatic rings. The Morgan fingerprint density at radius 1 is 1.25 bits per heavy atom. The van der Waals surface area contributed by atoms with Crippen molar-refractivity contribution in [3.63, 3.8) is 0 Å². The summed E-state index contributed by atoms with van der Waals surface area (Å²) in [4.78, 5) is 0.925. The van der Waals surface area contributed by atoms with Gasteiger partial charge in [-0.05, 0) is 43.5 Å². The fourth-order valence-corrected chi connectivity index (χ4v) is 5.41. The van der Waals surface area contributed by atoms with Gasteiger partial charge in [0.1, 0.15) is 10.0 Å². The molecule has 0 aliphatic carbocycles. The monoisotopic (exact) mass is 311 g/mol.